The van der Waals surface area contributed by atoms with Gasteiger partial charge >= 0.3 is 0 Å². The second kappa shape index (κ2) is 7.07. The fraction of sp³-hybridized carbons (Fsp3) is 0.200. The van der Waals surface area contributed by atoms with Gasteiger partial charge in [0, 0.05) is 22.5 Å². The van der Waals surface area contributed by atoms with E-state index in [4.69, 9.17) is 28.9 Å². The lowest BCUT2D eigenvalue weighted by Crippen LogP contribution is -2.21. The molecule has 0 amide bonds. The van der Waals surface area contributed by atoms with Crippen LogP contribution in [-0.4, -0.2) is 11.7 Å². The second-order valence-electron chi connectivity index (χ2n) is 4.60. The van der Waals surface area contributed by atoms with Crippen LogP contribution in [0.4, 0.5) is 4.39 Å². The summed E-state index contributed by atoms with van der Waals surface area (Å²) in [6, 6.07) is 9.52. The number of hydrogen-bond donors (Lipinski definition) is 2. The van der Waals surface area contributed by atoms with E-state index in [9.17, 15) is 9.50 Å². The minimum atomic E-state index is -1.09. The van der Waals surface area contributed by atoms with Gasteiger partial charge in [0.1, 0.15) is 5.82 Å². The topological polar surface area (TPSA) is 46.2 Å². The van der Waals surface area contributed by atoms with Gasteiger partial charge in [-0.2, -0.15) is 0 Å². The number of aliphatic hydroxyl groups is 1. The first kappa shape index (κ1) is 16.7. The summed E-state index contributed by atoms with van der Waals surface area (Å²) in [6.45, 7) is 0.139. The van der Waals surface area contributed by atoms with Crippen LogP contribution in [0.2, 0.25) is 10.0 Å². The average molecular weight is 393 g/mol. The van der Waals surface area contributed by atoms with Crippen LogP contribution in [0.25, 0.3) is 0 Å². The maximum absolute atomic E-state index is 14.0. The van der Waals surface area contributed by atoms with Gasteiger partial charge in [0.2, 0.25) is 0 Å². The van der Waals surface area contributed by atoms with Crippen LogP contribution in [0, 0.1) is 5.82 Å². The fourth-order valence-corrected chi connectivity index (χ4v) is 3.07. The maximum Gasteiger partial charge on any atom is 0.130 e. The highest BCUT2D eigenvalue weighted by molar-refractivity contribution is 9.10. The third-order valence-corrected chi connectivity index (χ3v) is 4.73. The van der Waals surface area contributed by atoms with Gasteiger partial charge in [-0.25, -0.2) is 4.39 Å². The Labute approximate surface area is 140 Å². The highest BCUT2D eigenvalue weighted by Gasteiger charge is 2.26. The van der Waals surface area contributed by atoms with Crippen molar-refractivity contribution in [3.63, 3.8) is 0 Å². The lowest BCUT2D eigenvalue weighted by molar-refractivity contribution is 0.142. The van der Waals surface area contributed by atoms with E-state index >= 15 is 0 Å². The Morgan fingerprint density at radius 3 is 2.48 bits per heavy atom. The molecule has 2 rings (SSSR count). The standard InChI is InChI=1S/C15H13BrCl2FNO/c16-10-2-1-3-13(19)14(10)15(21)9(7-20)8-4-5-11(17)12(18)6-8/h1-6,9,15,21H,7,20H2. The van der Waals surface area contributed by atoms with Crippen molar-refractivity contribution in [2.24, 2.45) is 5.73 Å². The molecular weight excluding hydrogens is 380 g/mol. The first-order chi connectivity index (χ1) is 9.95. The third kappa shape index (κ3) is 3.58. The highest BCUT2D eigenvalue weighted by Crippen LogP contribution is 2.37. The minimum Gasteiger partial charge on any atom is -0.388 e. The molecule has 0 aliphatic carbocycles. The molecule has 0 aliphatic heterocycles. The van der Waals surface area contributed by atoms with E-state index in [1.165, 1.54) is 6.07 Å². The molecule has 2 atom stereocenters. The summed E-state index contributed by atoms with van der Waals surface area (Å²) in [7, 11) is 0. The van der Waals surface area contributed by atoms with Crippen LogP contribution < -0.4 is 5.73 Å². The summed E-state index contributed by atoms with van der Waals surface area (Å²) in [6.07, 6.45) is -1.09. The molecule has 2 unspecified atom stereocenters. The predicted molar refractivity (Wildman–Crippen MR) is 87.3 cm³/mol. The summed E-state index contributed by atoms with van der Waals surface area (Å²) in [4.78, 5) is 0. The van der Waals surface area contributed by atoms with Gasteiger partial charge in [-0.3, -0.25) is 0 Å². The van der Waals surface area contributed by atoms with Crippen LogP contribution in [-0.2, 0) is 0 Å². The molecule has 3 N–H and O–H groups in total. The van der Waals surface area contributed by atoms with Gasteiger partial charge in [0.25, 0.3) is 0 Å². The Kier molecular flexibility index (Phi) is 5.63. The van der Waals surface area contributed by atoms with Crippen LogP contribution in [0.1, 0.15) is 23.1 Å². The SMILES string of the molecule is NCC(c1ccc(Cl)c(Cl)c1)C(O)c1c(F)cccc1Br. The Morgan fingerprint density at radius 1 is 1.19 bits per heavy atom. The normalized spacial score (nSPS) is 14.0. The first-order valence-electron chi connectivity index (χ1n) is 6.22. The van der Waals surface area contributed by atoms with E-state index in [-0.39, 0.29) is 12.1 Å². The highest BCUT2D eigenvalue weighted by atomic mass is 79.9. The van der Waals surface area contributed by atoms with Crippen molar-refractivity contribution in [2.45, 2.75) is 12.0 Å². The summed E-state index contributed by atoms with van der Waals surface area (Å²) in [5.41, 5.74) is 6.64. The van der Waals surface area contributed by atoms with Crippen molar-refractivity contribution in [1.82, 2.24) is 0 Å². The zero-order valence-electron chi connectivity index (χ0n) is 10.9. The molecule has 2 aromatic carbocycles. The molecular formula is C15H13BrCl2FNO. The van der Waals surface area contributed by atoms with Crippen molar-refractivity contribution in [3.8, 4) is 0 Å². The van der Waals surface area contributed by atoms with Gasteiger partial charge in [0.15, 0.2) is 0 Å². The summed E-state index contributed by atoms with van der Waals surface area (Å²) < 4.78 is 14.5. The Balaban J connectivity index is 2.43. The van der Waals surface area contributed by atoms with E-state index < -0.39 is 17.8 Å². The van der Waals surface area contributed by atoms with E-state index in [1.54, 1.807) is 30.3 Å². The van der Waals surface area contributed by atoms with Gasteiger partial charge < -0.3 is 10.8 Å². The fourth-order valence-electron chi connectivity index (χ4n) is 2.18. The third-order valence-electron chi connectivity index (χ3n) is 3.30. The molecule has 0 fully saturated rings. The molecule has 2 nitrogen and oxygen atoms in total. The Hall–Kier alpha value is -0.650. The van der Waals surface area contributed by atoms with Gasteiger partial charge in [0.05, 0.1) is 16.1 Å². The van der Waals surface area contributed by atoms with Gasteiger partial charge in [-0.05, 0) is 29.8 Å². The summed E-state index contributed by atoms with van der Waals surface area (Å²) in [5, 5.41) is 11.3. The molecule has 0 saturated heterocycles. The predicted octanol–water partition coefficient (Wildman–Crippen LogP) is 4.67. The van der Waals surface area contributed by atoms with Crippen LogP contribution in [0.15, 0.2) is 40.9 Å². The molecule has 0 heterocycles. The zero-order chi connectivity index (χ0) is 15.6. The molecule has 0 saturated carbocycles. The summed E-state index contributed by atoms with van der Waals surface area (Å²) >= 11 is 15.1. The van der Waals surface area contributed by atoms with E-state index in [2.05, 4.69) is 15.9 Å². The smallest absolute Gasteiger partial charge is 0.130 e. The van der Waals surface area contributed by atoms with Crippen molar-refractivity contribution >= 4 is 39.1 Å². The maximum atomic E-state index is 14.0. The molecule has 0 spiro atoms. The molecule has 0 aromatic heterocycles. The van der Waals surface area contributed by atoms with Crippen molar-refractivity contribution < 1.29 is 9.50 Å². The minimum absolute atomic E-state index is 0.139. The zero-order valence-corrected chi connectivity index (χ0v) is 14.0. The molecule has 21 heavy (non-hydrogen) atoms. The van der Waals surface area contributed by atoms with E-state index in [1.807, 2.05) is 0 Å². The Bertz CT molecular complexity index is 633. The number of nitrogens with two attached hydrogens (primary N) is 1. The monoisotopic (exact) mass is 391 g/mol. The van der Waals surface area contributed by atoms with Crippen molar-refractivity contribution in [2.75, 3.05) is 6.54 Å². The van der Waals surface area contributed by atoms with Gasteiger partial charge in [-0.15, -0.1) is 0 Å². The molecule has 6 heteroatoms. The van der Waals surface area contributed by atoms with Gasteiger partial charge in [-0.1, -0.05) is 51.3 Å². The molecule has 0 aliphatic rings. The number of hydrogen-bond acceptors (Lipinski definition) is 2. The number of rotatable bonds is 4. The molecule has 0 radical (unpaired) electrons. The molecule has 2 aromatic rings. The molecule has 112 valence electrons. The van der Waals surface area contributed by atoms with Crippen LogP contribution in [0.5, 0.6) is 0 Å². The van der Waals surface area contributed by atoms with Crippen molar-refractivity contribution in [3.05, 3.63) is 67.9 Å². The summed E-state index contributed by atoms with van der Waals surface area (Å²) in [5.74, 6) is -0.983. The Morgan fingerprint density at radius 2 is 1.90 bits per heavy atom. The number of halogens is 4. The van der Waals surface area contributed by atoms with Crippen molar-refractivity contribution in [1.29, 1.82) is 0 Å². The van der Waals surface area contributed by atoms with E-state index in [0.29, 0.717) is 20.1 Å². The van der Waals surface area contributed by atoms with E-state index in [0.717, 1.165) is 0 Å². The average Bonchev–Trinajstić information content (AvgIpc) is 2.43. The first-order valence-corrected chi connectivity index (χ1v) is 7.77. The number of aliphatic hydroxyl groups excluding tert-OH is 1. The lowest BCUT2D eigenvalue weighted by atomic mass is 9.89. The second-order valence-corrected chi connectivity index (χ2v) is 6.26. The van der Waals surface area contributed by atoms with Crippen LogP contribution in [0.3, 0.4) is 0 Å². The quantitative estimate of drug-likeness (QED) is 0.793. The largest absolute Gasteiger partial charge is 0.388 e. The van der Waals surface area contributed by atoms with Crippen LogP contribution >= 0.6 is 39.1 Å². The molecule has 0 bridgehead atoms. The lowest BCUT2D eigenvalue weighted by Gasteiger charge is -2.24. The number of benzene rings is 2.